The van der Waals surface area contributed by atoms with E-state index < -0.39 is 41.5 Å². The van der Waals surface area contributed by atoms with Crippen LogP contribution in [0.2, 0.25) is 0 Å². The lowest BCUT2D eigenvalue weighted by Gasteiger charge is -2.29. The standard InChI is InChI=1S/C16H12F6N4O2/c1-26(2)10-6-7(15(17,18)19)5-9(24-10)8-3-4-23-13-11(8)12(16(20,21)22)28-14(27)25-13/h3-6,12H,1-2H3,(H,23,25,27). The van der Waals surface area contributed by atoms with E-state index in [1.807, 2.05) is 5.32 Å². The predicted molar refractivity (Wildman–Crippen MR) is 85.7 cm³/mol. The highest BCUT2D eigenvalue weighted by Crippen LogP contribution is 2.46. The molecule has 0 fully saturated rings. The van der Waals surface area contributed by atoms with Crippen molar-refractivity contribution in [3.05, 3.63) is 35.5 Å². The minimum atomic E-state index is -5.00. The molecule has 12 heteroatoms. The number of cyclic esters (lactones) is 1. The predicted octanol–water partition coefficient (Wildman–Crippen LogP) is 4.39. The van der Waals surface area contributed by atoms with Crippen molar-refractivity contribution in [2.24, 2.45) is 0 Å². The molecular formula is C16H12F6N4O2. The lowest BCUT2D eigenvalue weighted by molar-refractivity contribution is -0.206. The Bertz CT molecular complexity index is 926. The van der Waals surface area contributed by atoms with Gasteiger partial charge in [-0.05, 0) is 18.2 Å². The van der Waals surface area contributed by atoms with Gasteiger partial charge in [0.1, 0.15) is 11.6 Å². The van der Waals surface area contributed by atoms with Gasteiger partial charge in [0.05, 0.1) is 16.8 Å². The van der Waals surface area contributed by atoms with Crippen molar-refractivity contribution in [2.75, 3.05) is 24.3 Å². The van der Waals surface area contributed by atoms with Crippen LogP contribution in [0, 0.1) is 0 Å². The first kappa shape index (κ1) is 19.7. The fraction of sp³-hybridized carbons (Fsp3) is 0.312. The smallest absolute Gasteiger partial charge is 0.430 e. The molecule has 1 N–H and O–H groups in total. The number of fused-ring (bicyclic) bond motifs is 1. The number of hydrogen-bond donors (Lipinski definition) is 1. The summed E-state index contributed by atoms with van der Waals surface area (Å²) in [6, 6.07) is 2.49. The minimum absolute atomic E-state index is 0.111. The minimum Gasteiger partial charge on any atom is -0.431 e. The number of halogens is 6. The first-order valence-corrected chi connectivity index (χ1v) is 7.68. The Balaban J connectivity index is 2.28. The van der Waals surface area contributed by atoms with Gasteiger partial charge in [-0.2, -0.15) is 26.3 Å². The quantitative estimate of drug-likeness (QED) is 0.750. The third-order valence-corrected chi connectivity index (χ3v) is 3.87. The van der Waals surface area contributed by atoms with Crippen molar-refractivity contribution in [3.63, 3.8) is 0 Å². The van der Waals surface area contributed by atoms with Crippen LogP contribution in [0.15, 0.2) is 24.4 Å². The summed E-state index contributed by atoms with van der Waals surface area (Å²) in [5.41, 5.74) is -2.37. The molecule has 1 aliphatic rings. The van der Waals surface area contributed by atoms with Crippen LogP contribution in [0.1, 0.15) is 17.2 Å². The summed E-state index contributed by atoms with van der Waals surface area (Å²) in [7, 11) is 2.88. The summed E-state index contributed by atoms with van der Waals surface area (Å²) in [6.07, 6.45) is -12.8. The number of aromatic nitrogens is 2. The van der Waals surface area contributed by atoms with Crippen LogP contribution in [-0.2, 0) is 10.9 Å². The van der Waals surface area contributed by atoms with E-state index >= 15 is 0 Å². The van der Waals surface area contributed by atoms with Gasteiger partial charge in [0.2, 0.25) is 6.10 Å². The number of rotatable bonds is 2. The molecule has 0 aliphatic carbocycles. The van der Waals surface area contributed by atoms with Gasteiger partial charge in [-0.1, -0.05) is 0 Å². The van der Waals surface area contributed by atoms with Crippen molar-refractivity contribution < 1.29 is 35.9 Å². The van der Waals surface area contributed by atoms with Gasteiger partial charge in [0.25, 0.3) is 0 Å². The van der Waals surface area contributed by atoms with E-state index in [0.29, 0.717) is 6.07 Å². The topological polar surface area (TPSA) is 67.4 Å². The second-order valence-corrected chi connectivity index (χ2v) is 6.06. The molecule has 1 atom stereocenters. The SMILES string of the molecule is CN(C)c1cc(C(F)(F)F)cc(-c2ccnc3c2C(C(F)(F)F)OC(=O)N3)n1. The Hall–Kier alpha value is -3.05. The number of hydrogen-bond acceptors (Lipinski definition) is 5. The Labute approximate surface area is 154 Å². The third kappa shape index (κ3) is 3.66. The number of nitrogens with one attached hydrogen (secondary N) is 1. The average Bonchev–Trinajstić information content (AvgIpc) is 2.58. The molecule has 1 unspecified atom stereocenters. The van der Waals surface area contributed by atoms with Crippen LogP contribution >= 0.6 is 0 Å². The molecule has 0 spiro atoms. The highest BCUT2D eigenvalue weighted by molar-refractivity contribution is 5.89. The number of carbonyl (C=O) groups is 1. The Kier molecular flexibility index (Phi) is 4.60. The van der Waals surface area contributed by atoms with Gasteiger partial charge < -0.3 is 9.64 Å². The van der Waals surface area contributed by atoms with Crippen LogP contribution < -0.4 is 10.2 Å². The molecule has 6 nitrogen and oxygen atoms in total. The van der Waals surface area contributed by atoms with E-state index in [1.54, 1.807) is 0 Å². The number of anilines is 2. The molecule has 0 saturated heterocycles. The molecule has 0 bridgehead atoms. The summed E-state index contributed by atoms with van der Waals surface area (Å²) < 4.78 is 84.4. The lowest BCUT2D eigenvalue weighted by Crippen LogP contribution is -2.34. The second kappa shape index (κ2) is 6.53. The van der Waals surface area contributed by atoms with Gasteiger partial charge in [-0.3, -0.25) is 5.32 Å². The highest BCUT2D eigenvalue weighted by atomic mass is 19.4. The van der Waals surface area contributed by atoms with Gasteiger partial charge in [-0.15, -0.1) is 0 Å². The summed E-state index contributed by atoms with van der Waals surface area (Å²) in [5.74, 6) is -0.568. The molecule has 2 aromatic heterocycles. The summed E-state index contributed by atoms with van der Waals surface area (Å²) in [6.45, 7) is 0. The highest BCUT2D eigenvalue weighted by Gasteiger charge is 2.49. The molecular weight excluding hydrogens is 394 g/mol. The number of carbonyl (C=O) groups excluding carboxylic acids is 1. The van der Waals surface area contributed by atoms with Crippen molar-refractivity contribution in [1.29, 1.82) is 0 Å². The normalized spacial score (nSPS) is 16.9. The number of ether oxygens (including phenoxy) is 1. The Morgan fingerprint density at radius 1 is 1.14 bits per heavy atom. The number of amides is 1. The van der Waals surface area contributed by atoms with Crippen molar-refractivity contribution in [1.82, 2.24) is 9.97 Å². The molecule has 2 aromatic rings. The summed E-state index contributed by atoms with van der Waals surface area (Å²) in [4.78, 5) is 20.4. The maximum Gasteiger partial charge on any atom is 0.430 e. The largest absolute Gasteiger partial charge is 0.431 e. The van der Waals surface area contributed by atoms with E-state index in [1.165, 1.54) is 19.0 Å². The zero-order chi connectivity index (χ0) is 20.9. The third-order valence-electron chi connectivity index (χ3n) is 3.87. The van der Waals surface area contributed by atoms with Crippen molar-refractivity contribution >= 4 is 17.7 Å². The molecule has 0 aromatic carbocycles. The van der Waals surface area contributed by atoms with Crippen molar-refractivity contribution in [3.8, 4) is 11.3 Å². The van der Waals surface area contributed by atoms with Crippen LogP contribution in [0.25, 0.3) is 11.3 Å². The molecule has 3 heterocycles. The van der Waals surface area contributed by atoms with Gasteiger partial charge in [0, 0.05) is 25.9 Å². The van der Waals surface area contributed by atoms with E-state index in [0.717, 1.165) is 18.3 Å². The van der Waals surface area contributed by atoms with Gasteiger partial charge in [0.15, 0.2) is 0 Å². The van der Waals surface area contributed by atoms with E-state index in [-0.39, 0.29) is 17.1 Å². The fourth-order valence-corrected chi connectivity index (χ4v) is 2.63. The molecule has 1 aliphatic heterocycles. The van der Waals surface area contributed by atoms with E-state index in [9.17, 15) is 31.1 Å². The second-order valence-electron chi connectivity index (χ2n) is 6.06. The number of nitrogens with zero attached hydrogens (tertiary/aromatic N) is 3. The van der Waals surface area contributed by atoms with E-state index in [2.05, 4.69) is 14.7 Å². The van der Waals surface area contributed by atoms with E-state index in [4.69, 9.17) is 0 Å². The molecule has 1 amide bonds. The lowest BCUT2D eigenvalue weighted by atomic mass is 9.98. The van der Waals surface area contributed by atoms with Crippen LogP contribution in [0.4, 0.5) is 42.8 Å². The van der Waals surface area contributed by atoms with Crippen LogP contribution in [0.5, 0.6) is 0 Å². The summed E-state index contributed by atoms with van der Waals surface area (Å²) in [5, 5.41) is 2.02. The first-order valence-electron chi connectivity index (χ1n) is 7.68. The van der Waals surface area contributed by atoms with Crippen LogP contribution in [0.3, 0.4) is 0 Å². The molecule has 0 radical (unpaired) electrons. The fourth-order valence-electron chi connectivity index (χ4n) is 2.63. The Morgan fingerprint density at radius 2 is 1.82 bits per heavy atom. The van der Waals surface area contributed by atoms with Crippen molar-refractivity contribution in [2.45, 2.75) is 18.5 Å². The monoisotopic (exact) mass is 406 g/mol. The maximum atomic E-state index is 13.4. The zero-order valence-corrected chi connectivity index (χ0v) is 14.3. The molecule has 0 saturated carbocycles. The Morgan fingerprint density at radius 3 is 2.39 bits per heavy atom. The average molecular weight is 406 g/mol. The molecule has 28 heavy (non-hydrogen) atoms. The molecule has 150 valence electrons. The van der Waals surface area contributed by atoms with Gasteiger partial charge in [-0.25, -0.2) is 14.8 Å². The first-order chi connectivity index (χ1) is 12.9. The van der Waals surface area contributed by atoms with Gasteiger partial charge >= 0.3 is 18.4 Å². The summed E-state index contributed by atoms with van der Waals surface area (Å²) >= 11 is 0. The molecule has 3 rings (SSSR count). The maximum absolute atomic E-state index is 13.4. The van der Waals surface area contributed by atoms with Crippen LogP contribution in [-0.4, -0.2) is 36.3 Å². The number of pyridine rings is 2. The number of alkyl halides is 6. The zero-order valence-electron chi connectivity index (χ0n) is 14.3.